The Morgan fingerprint density at radius 2 is 2.04 bits per heavy atom. The van der Waals surface area contributed by atoms with Crippen LogP contribution in [0.5, 0.6) is 5.75 Å². The van der Waals surface area contributed by atoms with E-state index in [1.807, 2.05) is 29.2 Å². The summed E-state index contributed by atoms with van der Waals surface area (Å²) >= 11 is 0. The normalized spacial score (nSPS) is 14.5. The van der Waals surface area contributed by atoms with Crippen molar-refractivity contribution in [1.29, 1.82) is 0 Å². The van der Waals surface area contributed by atoms with E-state index in [1.54, 1.807) is 12.5 Å². The molecule has 1 aliphatic heterocycles. The average molecular weight is 321 g/mol. The first kappa shape index (κ1) is 14.8. The van der Waals surface area contributed by atoms with E-state index in [4.69, 9.17) is 9.15 Å². The first-order valence-corrected chi connectivity index (χ1v) is 8.28. The Kier molecular flexibility index (Phi) is 3.95. The minimum Gasteiger partial charge on any atom is -0.491 e. The molecule has 0 radical (unpaired) electrons. The van der Waals surface area contributed by atoms with Gasteiger partial charge in [-0.1, -0.05) is 30.3 Å². The van der Waals surface area contributed by atoms with Crippen molar-refractivity contribution >= 4 is 16.7 Å². The fourth-order valence-electron chi connectivity index (χ4n) is 3.28. The number of carbonyl (C=O) groups is 1. The molecule has 4 heteroatoms. The summed E-state index contributed by atoms with van der Waals surface area (Å²) in [4.78, 5) is 13.6. The molecule has 4 rings (SSSR count). The van der Waals surface area contributed by atoms with Crippen LogP contribution in [0, 0.1) is 0 Å². The van der Waals surface area contributed by atoms with Gasteiger partial charge in [0.1, 0.15) is 12.4 Å². The van der Waals surface area contributed by atoms with E-state index >= 15 is 0 Å². The Morgan fingerprint density at radius 1 is 1.12 bits per heavy atom. The van der Waals surface area contributed by atoms with Gasteiger partial charge in [-0.2, -0.15) is 0 Å². The Bertz CT molecular complexity index is 854. The van der Waals surface area contributed by atoms with Gasteiger partial charge in [0.05, 0.1) is 19.1 Å². The van der Waals surface area contributed by atoms with Crippen molar-refractivity contribution in [3.05, 3.63) is 55.0 Å². The monoisotopic (exact) mass is 321 g/mol. The van der Waals surface area contributed by atoms with Crippen molar-refractivity contribution in [2.75, 3.05) is 19.7 Å². The van der Waals surface area contributed by atoms with Gasteiger partial charge in [-0.15, -0.1) is 0 Å². The van der Waals surface area contributed by atoms with Crippen LogP contribution in [0.2, 0.25) is 0 Å². The Labute approximate surface area is 140 Å². The van der Waals surface area contributed by atoms with Crippen LogP contribution < -0.4 is 4.74 Å². The first-order chi connectivity index (χ1) is 11.8. The summed E-state index contributed by atoms with van der Waals surface area (Å²) in [6.07, 6.45) is 5.02. The molecule has 4 nitrogen and oxygen atoms in total. The lowest BCUT2D eigenvalue weighted by Crippen LogP contribution is -2.29. The van der Waals surface area contributed by atoms with Gasteiger partial charge in [0.15, 0.2) is 0 Å². The molecule has 1 aromatic heterocycles. The fraction of sp³-hybridized carbons (Fsp3) is 0.250. The number of furan rings is 1. The van der Waals surface area contributed by atoms with Crippen LogP contribution >= 0.6 is 0 Å². The Balaban J connectivity index is 1.62. The number of hydrogen-bond acceptors (Lipinski definition) is 3. The van der Waals surface area contributed by atoms with E-state index in [2.05, 4.69) is 18.2 Å². The fourth-order valence-corrected chi connectivity index (χ4v) is 3.28. The highest BCUT2D eigenvalue weighted by Gasteiger charge is 2.20. The van der Waals surface area contributed by atoms with Gasteiger partial charge in [0.25, 0.3) is 0 Å². The molecule has 3 aromatic rings. The third-order valence-corrected chi connectivity index (χ3v) is 4.49. The molecule has 1 aliphatic rings. The number of rotatable bonds is 5. The van der Waals surface area contributed by atoms with Gasteiger partial charge in [-0.25, -0.2) is 0 Å². The molecule has 2 aromatic carbocycles. The molecular formula is C20H19NO3. The summed E-state index contributed by atoms with van der Waals surface area (Å²) in [5, 5.41) is 2.30. The van der Waals surface area contributed by atoms with E-state index < -0.39 is 0 Å². The molecule has 1 fully saturated rings. The molecule has 1 saturated heterocycles. The number of fused-ring (bicyclic) bond motifs is 1. The molecule has 0 unspecified atom stereocenters. The molecule has 0 spiro atoms. The number of hydrogen-bond donors (Lipinski definition) is 0. The van der Waals surface area contributed by atoms with Crippen LogP contribution in [0.3, 0.4) is 0 Å². The van der Waals surface area contributed by atoms with E-state index in [9.17, 15) is 4.79 Å². The summed E-state index contributed by atoms with van der Waals surface area (Å²) < 4.78 is 11.3. The maximum Gasteiger partial charge on any atom is 0.222 e. The van der Waals surface area contributed by atoms with Crippen LogP contribution in [0.15, 0.2) is 59.4 Å². The van der Waals surface area contributed by atoms with E-state index in [0.29, 0.717) is 19.6 Å². The summed E-state index contributed by atoms with van der Waals surface area (Å²) in [6, 6.07) is 14.2. The molecule has 0 bridgehead atoms. The second-order valence-corrected chi connectivity index (χ2v) is 6.00. The van der Waals surface area contributed by atoms with Crippen LogP contribution in [0.4, 0.5) is 0 Å². The van der Waals surface area contributed by atoms with Crippen LogP contribution in [-0.4, -0.2) is 30.5 Å². The molecular weight excluding hydrogens is 302 g/mol. The zero-order chi connectivity index (χ0) is 16.4. The van der Waals surface area contributed by atoms with Crippen LogP contribution in [0.25, 0.3) is 21.9 Å². The van der Waals surface area contributed by atoms with E-state index in [-0.39, 0.29) is 5.91 Å². The second kappa shape index (κ2) is 6.40. The largest absolute Gasteiger partial charge is 0.491 e. The third-order valence-electron chi connectivity index (χ3n) is 4.49. The van der Waals surface area contributed by atoms with Gasteiger partial charge in [-0.3, -0.25) is 4.79 Å². The van der Waals surface area contributed by atoms with Gasteiger partial charge in [-0.05, 0) is 29.3 Å². The maximum absolute atomic E-state index is 11.7. The summed E-state index contributed by atoms with van der Waals surface area (Å²) in [6.45, 7) is 1.97. The zero-order valence-corrected chi connectivity index (χ0v) is 13.4. The van der Waals surface area contributed by atoms with Crippen molar-refractivity contribution in [1.82, 2.24) is 4.90 Å². The smallest absolute Gasteiger partial charge is 0.222 e. The predicted octanol–water partition coefficient (Wildman–Crippen LogP) is 4.10. The lowest BCUT2D eigenvalue weighted by molar-refractivity contribution is -0.128. The van der Waals surface area contributed by atoms with Crippen LogP contribution in [-0.2, 0) is 4.79 Å². The molecule has 0 atom stereocenters. The predicted molar refractivity (Wildman–Crippen MR) is 93.0 cm³/mol. The lowest BCUT2D eigenvalue weighted by Gasteiger charge is -2.18. The highest BCUT2D eigenvalue weighted by Crippen LogP contribution is 2.37. The number of ether oxygens (including phenoxy) is 1. The minimum atomic E-state index is 0.229. The molecule has 122 valence electrons. The molecule has 0 saturated carbocycles. The summed E-state index contributed by atoms with van der Waals surface area (Å²) in [5.74, 6) is 1.05. The van der Waals surface area contributed by atoms with E-state index in [1.165, 1.54) is 0 Å². The van der Waals surface area contributed by atoms with Gasteiger partial charge in [0, 0.05) is 24.1 Å². The van der Waals surface area contributed by atoms with Gasteiger partial charge >= 0.3 is 0 Å². The molecule has 0 N–H and O–H groups in total. The number of likely N-dealkylation sites (tertiary alicyclic amines) is 1. The van der Waals surface area contributed by atoms with Gasteiger partial charge < -0.3 is 14.1 Å². The molecule has 2 heterocycles. The number of nitrogens with zero attached hydrogens (tertiary/aromatic N) is 1. The molecule has 1 amide bonds. The van der Waals surface area contributed by atoms with Crippen LogP contribution in [0.1, 0.15) is 12.8 Å². The Hall–Kier alpha value is -2.75. The average Bonchev–Trinajstić information content (AvgIpc) is 3.27. The third kappa shape index (κ3) is 2.75. The number of benzene rings is 2. The zero-order valence-electron chi connectivity index (χ0n) is 13.4. The van der Waals surface area contributed by atoms with Crippen molar-refractivity contribution in [2.24, 2.45) is 0 Å². The Morgan fingerprint density at radius 3 is 2.83 bits per heavy atom. The summed E-state index contributed by atoms with van der Waals surface area (Å²) in [5.41, 5.74) is 2.04. The highest BCUT2D eigenvalue weighted by atomic mass is 16.5. The highest BCUT2D eigenvalue weighted by molar-refractivity contribution is 5.99. The molecule has 24 heavy (non-hydrogen) atoms. The van der Waals surface area contributed by atoms with E-state index in [0.717, 1.165) is 40.6 Å². The van der Waals surface area contributed by atoms with Crippen molar-refractivity contribution < 1.29 is 13.9 Å². The number of carbonyl (C=O) groups excluding carboxylic acids is 1. The maximum atomic E-state index is 11.7. The summed E-state index contributed by atoms with van der Waals surface area (Å²) in [7, 11) is 0. The number of amides is 1. The van der Waals surface area contributed by atoms with Crippen molar-refractivity contribution in [3.8, 4) is 16.9 Å². The first-order valence-electron chi connectivity index (χ1n) is 8.28. The standard InChI is InChI=1S/C20H19NO3/c22-19-6-3-10-21(19)11-13-24-18-8-7-15-4-1-2-5-17(15)20(18)16-9-12-23-14-16/h1-2,4-5,7-9,12,14H,3,6,10-11,13H2. The quantitative estimate of drug-likeness (QED) is 0.710. The topological polar surface area (TPSA) is 42.7 Å². The van der Waals surface area contributed by atoms with Crippen molar-refractivity contribution in [2.45, 2.75) is 12.8 Å². The minimum absolute atomic E-state index is 0.229. The molecule has 0 aliphatic carbocycles. The van der Waals surface area contributed by atoms with Gasteiger partial charge in [0.2, 0.25) is 5.91 Å². The second-order valence-electron chi connectivity index (χ2n) is 6.00. The van der Waals surface area contributed by atoms with Crippen molar-refractivity contribution in [3.63, 3.8) is 0 Å². The lowest BCUT2D eigenvalue weighted by atomic mass is 9.99. The SMILES string of the molecule is O=C1CCCN1CCOc1ccc2ccccc2c1-c1ccoc1.